The van der Waals surface area contributed by atoms with Gasteiger partial charge in [-0.05, 0) is 31.9 Å². The zero-order valence-electron chi connectivity index (χ0n) is 12.7. The zero-order chi connectivity index (χ0) is 15.5. The minimum atomic E-state index is -1.21. The van der Waals surface area contributed by atoms with Gasteiger partial charge >= 0.3 is 0 Å². The summed E-state index contributed by atoms with van der Waals surface area (Å²) in [7, 11) is -1.21. The Labute approximate surface area is 129 Å². The van der Waals surface area contributed by atoms with E-state index in [9.17, 15) is 9.32 Å². The van der Waals surface area contributed by atoms with Crippen LogP contribution in [0.5, 0.6) is 0 Å². The van der Waals surface area contributed by atoms with Gasteiger partial charge in [0.15, 0.2) is 0 Å². The first kappa shape index (κ1) is 15.9. The Balaban J connectivity index is 2.44. The van der Waals surface area contributed by atoms with Crippen molar-refractivity contribution in [2.24, 2.45) is 0 Å². The second kappa shape index (κ2) is 6.54. The number of aliphatic hydroxyl groups excluding tert-OH is 1. The third kappa shape index (κ3) is 3.80. The van der Waals surface area contributed by atoms with Gasteiger partial charge in [-0.2, -0.15) is 0 Å². The van der Waals surface area contributed by atoms with Gasteiger partial charge in [0, 0.05) is 15.5 Å². The third-order valence-corrected chi connectivity index (χ3v) is 5.59. The molecule has 0 aliphatic heterocycles. The molecule has 2 aromatic carbocycles. The number of rotatable bonds is 4. The van der Waals surface area contributed by atoms with Crippen molar-refractivity contribution in [1.82, 2.24) is 0 Å². The molecule has 3 atom stereocenters. The van der Waals surface area contributed by atoms with Crippen LogP contribution in [0.4, 0.5) is 0 Å². The van der Waals surface area contributed by atoms with Crippen LogP contribution in [0.25, 0.3) is 0 Å². The fourth-order valence-corrected chi connectivity index (χ4v) is 3.83. The Morgan fingerprint density at radius 2 is 1.29 bits per heavy atom. The zero-order valence-corrected chi connectivity index (χ0v) is 13.5. The highest BCUT2D eigenvalue weighted by Crippen LogP contribution is 2.38. The summed E-state index contributed by atoms with van der Waals surface area (Å²) in [5.74, 6) is 0. The summed E-state index contributed by atoms with van der Waals surface area (Å²) in [4.78, 5) is 0. The van der Waals surface area contributed by atoms with Crippen LogP contribution in [0, 0.1) is 0 Å². The molecule has 112 valence electrons. The Morgan fingerprint density at radius 1 is 0.857 bits per heavy atom. The lowest BCUT2D eigenvalue weighted by Gasteiger charge is -2.29. The lowest BCUT2D eigenvalue weighted by molar-refractivity contribution is 0.172. The molecule has 3 heteroatoms. The van der Waals surface area contributed by atoms with Crippen LogP contribution in [0.2, 0.25) is 0 Å². The molecule has 2 nitrogen and oxygen atoms in total. The second-order valence-corrected chi connectivity index (χ2v) is 8.42. The van der Waals surface area contributed by atoms with Gasteiger partial charge < -0.3 is 5.11 Å². The van der Waals surface area contributed by atoms with E-state index >= 15 is 0 Å². The maximum Gasteiger partial charge on any atom is 0.0974 e. The standard InChI is InChI=1S/C18H22O2S/c1-18(2,3)21(20)17(15-12-8-5-9-13-15)16(19)14-10-6-4-7-11-14/h4-13,16-17,19H,1-3H3/t16-,17-,21?/m0/s1. The van der Waals surface area contributed by atoms with E-state index in [0.717, 1.165) is 11.1 Å². The first-order chi connectivity index (χ1) is 9.91. The van der Waals surface area contributed by atoms with Gasteiger partial charge in [-0.15, -0.1) is 0 Å². The molecule has 0 saturated carbocycles. The van der Waals surface area contributed by atoms with Crippen LogP contribution >= 0.6 is 0 Å². The summed E-state index contributed by atoms with van der Waals surface area (Å²) in [6.07, 6.45) is -0.784. The summed E-state index contributed by atoms with van der Waals surface area (Å²) in [6.45, 7) is 5.82. The smallest absolute Gasteiger partial charge is 0.0974 e. The second-order valence-electron chi connectivity index (χ2n) is 6.10. The van der Waals surface area contributed by atoms with Crippen molar-refractivity contribution < 1.29 is 9.32 Å². The molecule has 2 aromatic rings. The average molecular weight is 302 g/mol. The Bertz CT molecular complexity index is 588. The van der Waals surface area contributed by atoms with Gasteiger partial charge in [0.2, 0.25) is 0 Å². The van der Waals surface area contributed by atoms with Crippen LogP contribution < -0.4 is 0 Å². The molecule has 0 spiro atoms. The first-order valence-electron chi connectivity index (χ1n) is 7.10. The molecule has 0 bridgehead atoms. The van der Waals surface area contributed by atoms with E-state index in [2.05, 4.69) is 0 Å². The van der Waals surface area contributed by atoms with Gasteiger partial charge in [-0.25, -0.2) is 0 Å². The predicted molar refractivity (Wildman–Crippen MR) is 88.5 cm³/mol. The van der Waals surface area contributed by atoms with E-state index in [1.807, 2.05) is 81.4 Å². The molecule has 21 heavy (non-hydrogen) atoms. The minimum Gasteiger partial charge on any atom is -0.387 e. The van der Waals surface area contributed by atoms with Crippen molar-refractivity contribution >= 4 is 10.8 Å². The first-order valence-corrected chi connectivity index (χ1v) is 8.31. The van der Waals surface area contributed by atoms with Gasteiger partial charge in [0.1, 0.15) is 0 Å². The summed E-state index contributed by atoms with van der Waals surface area (Å²) in [5.41, 5.74) is 1.70. The van der Waals surface area contributed by atoms with Crippen molar-refractivity contribution in [3.63, 3.8) is 0 Å². The highest BCUT2D eigenvalue weighted by atomic mass is 32.2. The fraction of sp³-hybridized carbons (Fsp3) is 0.333. The SMILES string of the molecule is CC(C)(C)S(=O)[C@@H](c1ccccc1)[C@@H](O)c1ccccc1. The van der Waals surface area contributed by atoms with Gasteiger partial charge in [-0.3, -0.25) is 4.21 Å². The number of aliphatic hydroxyl groups is 1. The summed E-state index contributed by atoms with van der Waals surface area (Å²) >= 11 is 0. The van der Waals surface area contributed by atoms with Gasteiger partial charge in [0.05, 0.1) is 11.4 Å². The quantitative estimate of drug-likeness (QED) is 0.926. The highest BCUT2D eigenvalue weighted by Gasteiger charge is 2.34. The molecule has 0 saturated heterocycles. The molecule has 0 aliphatic rings. The molecule has 0 amide bonds. The van der Waals surface area contributed by atoms with Crippen LogP contribution in [0.1, 0.15) is 43.3 Å². The van der Waals surface area contributed by atoms with E-state index in [0.29, 0.717) is 0 Å². The van der Waals surface area contributed by atoms with Gasteiger partial charge in [0.25, 0.3) is 0 Å². The van der Waals surface area contributed by atoms with Crippen molar-refractivity contribution in [1.29, 1.82) is 0 Å². The van der Waals surface area contributed by atoms with Crippen LogP contribution in [0.3, 0.4) is 0 Å². The number of benzene rings is 2. The van der Waals surface area contributed by atoms with Crippen LogP contribution in [0.15, 0.2) is 60.7 Å². The topological polar surface area (TPSA) is 37.3 Å². The van der Waals surface area contributed by atoms with Crippen molar-refractivity contribution in [2.45, 2.75) is 36.9 Å². The molecular formula is C18H22O2S. The molecule has 0 radical (unpaired) electrons. The average Bonchev–Trinajstić information content (AvgIpc) is 2.48. The Kier molecular flexibility index (Phi) is 4.96. The minimum absolute atomic E-state index is 0.393. The Morgan fingerprint density at radius 3 is 1.71 bits per heavy atom. The molecule has 2 rings (SSSR count). The fourth-order valence-electron chi connectivity index (χ4n) is 2.27. The molecule has 0 fully saturated rings. The predicted octanol–water partition coefficient (Wildman–Crippen LogP) is 4.01. The monoisotopic (exact) mass is 302 g/mol. The highest BCUT2D eigenvalue weighted by molar-refractivity contribution is 7.86. The lowest BCUT2D eigenvalue weighted by atomic mass is 10.0. The molecule has 0 aliphatic carbocycles. The van der Waals surface area contributed by atoms with Crippen LogP contribution in [-0.4, -0.2) is 14.1 Å². The molecule has 0 heterocycles. The maximum absolute atomic E-state index is 12.9. The summed E-state index contributed by atoms with van der Waals surface area (Å²) < 4.78 is 12.5. The van der Waals surface area contributed by atoms with E-state index in [-0.39, 0.29) is 0 Å². The lowest BCUT2D eigenvalue weighted by Crippen LogP contribution is -2.30. The summed E-state index contributed by atoms with van der Waals surface area (Å²) in [5, 5.41) is 10.3. The molecular weight excluding hydrogens is 280 g/mol. The molecule has 1 N–H and O–H groups in total. The van der Waals surface area contributed by atoms with Crippen molar-refractivity contribution in [3.8, 4) is 0 Å². The normalized spacial score (nSPS) is 16.2. The largest absolute Gasteiger partial charge is 0.387 e. The third-order valence-electron chi connectivity index (χ3n) is 3.39. The van der Waals surface area contributed by atoms with E-state index < -0.39 is 26.9 Å². The molecule has 1 unspecified atom stereocenters. The summed E-state index contributed by atoms with van der Waals surface area (Å²) in [6, 6.07) is 19.1. The number of hydrogen-bond donors (Lipinski definition) is 1. The van der Waals surface area contributed by atoms with E-state index in [4.69, 9.17) is 0 Å². The Hall–Kier alpha value is -1.45. The van der Waals surface area contributed by atoms with Crippen molar-refractivity contribution in [2.75, 3.05) is 0 Å². The van der Waals surface area contributed by atoms with Gasteiger partial charge in [-0.1, -0.05) is 60.7 Å². The van der Waals surface area contributed by atoms with E-state index in [1.54, 1.807) is 0 Å². The van der Waals surface area contributed by atoms with Crippen molar-refractivity contribution in [3.05, 3.63) is 71.8 Å². The van der Waals surface area contributed by atoms with Crippen LogP contribution in [-0.2, 0) is 10.8 Å². The maximum atomic E-state index is 12.9. The molecule has 0 aromatic heterocycles. The van der Waals surface area contributed by atoms with E-state index in [1.165, 1.54) is 0 Å². The number of hydrogen-bond acceptors (Lipinski definition) is 2.